The molecular formula is C18H18FN3O2S. The number of halogens is 1. The standard InChI is InChI=1S/C18H18FN3O2S/c1-22(10-12-7-8-16(24-2)13(19)9-12)17(23)11-25-18-20-14-5-3-4-6-15(14)21-18/h3-9H,10-11H2,1-2H3,(H,20,21). The van der Waals surface area contributed by atoms with Crippen molar-refractivity contribution in [3.63, 3.8) is 0 Å². The molecule has 7 heteroatoms. The van der Waals surface area contributed by atoms with E-state index in [2.05, 4.69) is 9.97 Å². The molecule has 0 atom stereocenters. The van der Waals surface area contributed by atoms with Crippen molar-refractivity contribution in [1.82, 2.24) is 14.9 Å². The van der Waals surface area contributed by atoms with Crippen LogP contribution in [0.1, 0.15) is 5.56 Å². The zero-order valence-corrected chi connectivity index (χ0v) is 14.8. The van der Waals surface area contributed by atoms with Crippen molar-refractivity contribution in [2.75, 3.05) is 19.9 Å². The van der Waals surface area contributed by atoms with Gasteiger partial charge in [0.2, 0.25) is 5.91 Å². The van der Waals surface area contributed by atoms with E-state index in [1.54, 1.807) is 24.1 Å². The zero-order valence-electron chi connectivity index (χ0n) is 14.0. The van der Waals surface area contributed by atoms with Crippen molar-refractivity contribution >= 4 is 28.7 Å². The number of hydrogen-bond acceptors (Lipinski definition) is 4. The predicted octanol–water partition coefficient (Wildman–Crippen LogP) is 3.46. The molecule has 0 fully saturated rings. The molecule has 1 heterocycles. The van der Waals surface area contributed by atoms with Crippen molar-refractivity contribution in [1.29, 1.82) is 0 Å². The monoisotopic (exact) mass is 359 g/mol. The number of nitrogens with one attached hydrogen (secondary N) is 1. The van der Waals surface area contributed by atoms with Gasteiger partial charge in [-0.15, -0.1) is 0 Å². The van der Waals surface area contributed by atoms with E-state index in [1.165, 1.54) is 24.9 Å². The first-order valence-electron chi connectivity index (χ1n) is 7.71. The van der Waals surface area contributed by atoms with Crippen LogP contribution in [-0.2, 0) is 11.3 Å². The molecule has 0 unspecified atom stereocenters. The predicted molar refractivity (Wildman–Crippen MR) is 96.2 cm³/mol. The minimum atomic E-state index is -0.433. The fraction of sp³-hybridized carbons (Fsp3) is 0.222. The second kappa shape index (κ2) is 7.57. The van der Waals surface area contributed by atoms with Gasteiger partial charge in [0, 0.05) is 13.6 Å². The Morgan fingerprint density at radius 2 is 2.12 bits per heavy atom. The number of carbonyl (C=O) groups excluding carboxylic acids is 1. The molecule has 0 bridgehead atoms. The van der Waals surface area contributed by atoms with Crippen molar-refractivity contribution in [2.45, 2.75) is 11.7 Å². The largest absolute Gasteiger partial charge is 0.494 e. The Morgan fingerprint density at radius 3 is 2.84 bits per heavy atom. The number of carbonyl (C=O) groups is 1. The number of hydrogen-bond donors (Lipinski definition) is 1. The fourth-order valence-corrected chi connectivity index (χ4v) is 3.23. The lowest BCUT2D eigenvalue weighted by molar-refractivity contribution is -0.127. The van der Waals surface area contributed by atoms with Gasteiger partial charge in [-0.25, -0.2) is 9.37 Å². The summed E-state index contributed by atoms with van der Waals surface area (Å²) in [7, 11) is 3.12. The number of aromatic amines is 1. The number of methoxy groups -OCH3 is 1. The van der Waals surface area contributed by atoms with Gasteiger partial charge < -0.3 is 14.6 Å². The number of benzene rings is 2. The normalized spacial score (nSPS) is 10.8. The summed E-state index contributed by atoms with van der Waals surface area (Å²) in [6.07, 6.45) is 0. The van der Waals surface area contributed by atoms with Gasteiger partial charge in [0.1, 0.15) is 0 Å². The fourth-order valence-electron chi connectivity index (χ4n) is 2.41. The number of para-hydroxylation sites is 2. The van der Waals surface area contributed by atoms with Crippen molar-refractivity contribution < 1.29 is 13.9 Å². The smallest absolute Gasteiger partial charge is 0.233 e. The number of thioether (sulfide) groups is 1. The summed E-state index contributed by atoms with van der Waals surface area (Å²) < 4.78 is 18.6. The summed E-state index contributed by atoms with van der Waals surface area (Å²) in [6, 6.07) is 12.4. The first-order valence-corrected chi connectivity index (χ1v) is 8.69. The van der Waals surface area contributed by atoms with Crippen LogP contribution in [-0.4, -0.2) is 40.7 Å². The summed E-state index contributed by atoms with van der Waals surface area (Å²) in [6.45, 7) is 0.334. The van der Waals surface area contributed by atoms with Crippen LogP contribution in [0.2, 0.25) is 0 Å². The highest BCUT2D eigenvalue weighted by molar-refractivity contribution is 7.99. The molecule has 0 spiro atoms. The molecule has 1 aromatic heterocycles. The topological polar surface area (TPSA) is 58.2 Å². The van der Waals surface area contributed by atoms with Gasteiger partial charge in [-0.2, -0.15) is 0 Å². The van der Waals surface area contributed by atoms with Crippen LogP contribution < -0.4 is 4.74 Å². The van der Waals surface area contributed by atoms with Crippen LogP contribution in [0.5, 0.6) is 5.75 Å². The zero-order chi connectivity index (χ0) is 17.8. The van der Waals surface area contributed by atoms with Crippen LogP contribution in [0.3, 0.4) is 0 Å². The Morgan fingerprint density at radius 1 is 1.32 bits per heavy atom. The summed E-state index contributed by atoms with van der Waals surface area (Å²) in [5.74, 6) is -0.0352. The minimum absolute atomic E-state index is 0.0540. The SMILES string of the molecule is COc1ccc(CN(C)C(=O)CSc2nc3ccccc3[nH]2)cc1F. The maximum absolute atomic E-state index is 13.7. The second-order valence-electron chi connectivity index (χ2n) is 5.57. The van der Waals surface area contributed by atoms with Crippen molar-refractivity contribution in [3.05, 3.63) is 53.8 Å². The Hall–Kier alpha value is -2.54. The third-order valence-corrected chi connectivity index (χ3v) is 4.62. The minimum Gasteiger partial charge on any atom is -0.494 e. The summed E-state index contributed by atoms with van der Waals surface area (Å²) in [4.78, 5) is 21.5. The van der Waals surface area contributed by atoms with Gasteiger partial charge >= 0.3 is 0 Å². The van der Waals surface area contributed by atoms with E-state index in [4.69, 9.17) is 4.74 Å². The molecule has 1 amide bonds. The molecule has 25 heavy (non-hydrogen) atoms. The van der Waals surface area contributed by atoms with Gasteiger partial charge in [-0.05, 0) is 29.8 Å². The van der Waals surface area contributed by atoms with E-state index in [0.29, 0.717) is 17.3 Å². The second-order valence-corrected chi connectivity index (χ2v) is 6.53. The number of nitrogens with zero attached hydrogens (tertiary/aromatic N) is 2. The average Bonchev–Trinajstić information content (AvgIpc) is 3.02. The van der Waals surface area contributed by atoms with E-state index in [0.717, 1.165) is 11.0 Å². The lowest BCUT2D eigenvalue weighted by atomic mass is 10.2. The Kier molecular flexibility index (Phi) is 5.23. The third-order valence-electron chi connectivity index (χ3n) is 3.76. The molecule has 3 aromatic rings. The van der Waals surface area contributed by atoms with E-state index < -0.39 is 5.82 Å². The molecule has 0 saturated heterocycles. The highest BCUT2D eigenvalue weighted by Crippen LogP contribution is 2.21. The lowest BCUT2D eigenvalue weighted by Crippen LogP contribution is -2.27. The number of rotatable bonds is 6. The molecule has 0 aliphatic carbocycles. The van der Waals surface area contributed by atoms with E-state index in [1.807, 2.05) is 24.3 Å². The molecule has 0 aliphatic heterocycles. The number of amides is 1. The highest BCUT2D eigenvalue weighted by Gasteiger charge is 2.13. The molecular weight excluding hydrogens is 341 g/mol. The Labute approximate surface area is 149 Å². The maximum Gasteiger partial charge on any atom is 0.233 e. The van der Waals surface area contributed by atoms with Crippen LogP contribution in [0.15, 0.2) is 47.6 Å². The number of aromatic nitrogens is 2. The number of fused-ring (bicyclic) bond motifs is 1. The molecule has 1 N–H and O–H groups in total. The van der Waals surface area contributed by atoms with Crippen LogP contribution in [0.4, 0.5) is 4.39 Å². The molecule has 5 nitrogen and oxygen atoms in total. The first kappa shape index (κ1) is 17.3. The van der Waals surface area contributed by atoms with Gasteiger partial charge in [0.25, 0.3) is 0 Å². The van der Waals surface area contributed by atoms with E-state index in [9.17, 15) is 9.18 Å². The van der Waals surface area contributed by atoms with Crippen LogP contribution >= 0.6 is 11.8 Å². The van der Waals surface area contributed by atoms with E-state index in [-0.39, 0.29) is 17.4 Å². The van der Waals surface area contributed by atoms with Crippen molar-refractivity contribution in [3.8, 4) is 5.75 Å². The number of H-pyrrole nitrogens is 1. The molecule has 2 aromatic carbocycles. The quantitative estimate of drug-likeness (QED) is 0.685. The average molecular weight is 359 g/mol. The van der Waals surface area contributed by atoms with Gasteiger partial charge in [-0.1, -0.05) is 30.0 Å². The maximum atomic E-state index is 13.7. The van der Waals surface area contributed by atoms with Gasteiger partial charge in [0.15, 0.2) is 16.7 Å². The Balaban J connectivity index is 1.57. The summed E-state index contributed by atoms with van der Waals surface area (Å²) in [5, 5.41) is 0.707. The first-order chi connectivity index (χ1) is 12.1. The van der Waals surface area contributed by atoms with Gasteiger partial charge in [-0.3, -0.25) is 4.79 Å². The van der Waals surface area contributed by atoms with Gasteiger partial charge in [0.05, 0.1) is 23.9 Å². The molecule has 0 saturated carbocycles. The van der Waals surface area contributed by atoms with Crippen molar-refractivity contribution in [2.24, 2.45) is 0 Å². The lowest BCUT2D eigenvalue weighted by Gasteiger charge is -2.17. The summed E-state index contributed by atoms with van der Waals surface area (Å²) in [5.41, 5.74) is 2.53. The molecule has 0 aliphatic rings. The number of ether oxygens (including phenoxy) is 1. The molecule has 0 radical (unpaired) electrons. The summed E-state index contributed by atoms with van der Waals surface area (Å²) >= 11 is 1.35. The van der Waals surface area contributed by atoms with E-state index >= 15 is 0 Å². The number of imidazole rings is 1. The molecule has 130 valence electrons. The third kappa shape index (κ3) is 4.11. The highest BCUT2D eigenvalue weighted by atomic mass is 32.2. The molecule has 3 rings (SSSR count). The Bertz CT molecular complexity index is 864. The van der Waals surface area contributed by atoms with Crippen LogP contribution in [0.25, 0.3) is 11.0 Å². The van der Waals surface area contributed by atoms with Crippen LogP contribution in [0, 0.1) is 5.82 Å².